The lowest BCUT2D eigenvalue weighted by molar-refractivity contribution is -0.195. The van der Waals surface area contributed by atoms with Gasteiger partial charge in [0.05, 0.1) is 12.2 Å². The van der Waals surface area contributed by atoms with E-state index in [-0.39, 0.29) is 34.9 Å². The van der Waals surface area contributed by atoms with E-state index in [9.17, 15) is 15.0 Å². The number of aliphatic hydroxyl groups excluding tert-OH is 2. The normalized spacial score (nSPS) is 57.9. The molecule has 4 aliphatic rings. The zero-order valence-corrected chi connectivity index (χ0v) is 13.9. The Hall–Kier alpha value is -0.410. The predicted octanol–water partition coefficient (Wildman–Crippen LogP) is 2.93. The van der Waals surface area contributed by atoms with Crippen LogP contribution < -0.4 is 0 Å². The fourth-order valence-electron chi connectivity index (χ4n) is 7.23. The van der Waals surface area contributed by atoms with Crippen LogP contribution in [0.15, 0.2) is 0 Å². The maximum absolute atomic E-state index is 11.9. The van der Waals surface area contributed by atoms with Gasteiger partial charge < -0.3 is 10.2 Å². The summed E-state index contributed by atoms with van der Waals surface area (Å²) in [6, 6.07) is 0. The van der Waals surface area contributed by atoms with Gasteiger partial charge in [-0.05, 0) is 66.6 Å². The van der Waals surface area contributed by atoms with Crippen LogP contribution in [0.1, 0.15) is 65.2 Å². The second-order valence-corrected chi connectivity index (χ2v) is 9.27. The Morgan fingerprint density at radius 1 is 1.09 bits per heavy atom. The number of ketones is 1. The lowest BCUT2D eigenvalue weighted by Crippen LogP contribution is -2.61. The molecule has 3 heteroatoms. The van der Waals surface area contributed by atoms with Gasteiger partial charge in [-0.25, -0.2) is 0 Å². The average Bonchev–Trinajstić information content (AvgIpc) is 2.82. The van der Waals surface area contributed by atoms with Crippen molar-refractivity contribution in [3.05, 3.63) is 0 Å². The van der Waals surface area contributed by atoms with Gasteiger partial charge in [-0.15, -0.1) is 0 Å². The summed E-state index contributed by atoms with van der Waals surface area (Å²) in [6.45, 7) is 4.61. The summed E-state index contributed by atoms with van der Waals surface area (Å²) in [5, 5.41) is 21.8. The number of rotatable bonds is 0. The van der Waals surface area contributed by atoms with Crippen molar-refractivity contribution in [2.75, 3.05) is 0 Å². The highest BCUT2D eigenvalue weighted by Gasteiger charge is 2.62. The quantitative estimate of drug-likeness (QED) is 0.723. The smallest absolute Gasteiger partial charge is 0.133 e. The molecule has 0 aromatic carbocycles. The summed E-state index contributed by atoms with van der Waals surface area (Å²) in [5.74, 6) is 1.75. The number of hydrogen-bond donors (Lipinski definition) is 2. The molecule has 0 aromatic heterocycles. The standard InChI is InChI=1S/C19H30O3/c1-18-6-3-4-13(18)12-9-15(21)14-8-11(20)5-7-19(14,2)17(12)16(22)10-18/h12-17,21-22H,3-10H2,1-2H3. The second-order valence-electron chi connectivity index (χ2n) is 9.27. The molecule has 124 valence electrons. The first-order valence-corrected chi connectivity index (χ1v) is 9.23. The van der Waals surface area contributed by atoms with Gasteiger partial charge in [-0.2, -0.15) is 0 Å². The lowest BCUT2D eigenvalue weighted by atomic mass is 9.44. The van der Waals surface area contributed by atoms with Gasteiger partial charge in [0, 0.05) is 12.8 Å². The van der Waals surface area contributed by atoms with E-state index in [1.54, 1.807) is 0 Å². The summed E-state index contributed by atoms with van der Waals surface area (Å²) in [4.78, 5) is 11.9. The van der Waals surface area contributed by atoms with Gasteiger partial charge in [0.1, 0.15) is 5.78 Å². The van der Waals surface area contributed by atoms with E-state index in [0.29, 0.717) is 30.5 Å². The first-order valence-electron chi connectivity index (χ1n) is 9.23. The third-order valence-corrected chi connectivity index (χ3v) is 8.20. The monoisotopic (exact) mass is 306 g/mol. The third kappa shape index (κ3) is 1.91. The molecule has 0 bridgehead atoms. The molecular formula is C19H30O3. The summed E-state index contributed by atoms with van der Waals surface area (Å²) >= 11 is 0. The summed E-state index contributed by atoms with van der Waals surface area (Å²) in [6.07, 6.45) is 6.89. The molecule has 0 spiro atoms. The van der Waals surface area contributed by atoms with Crippen LogP contribution in [-0.4, -0.2) is 28.2 Å². The van der Waals surface area contributed by atoms with Crippen molar-refractivity contribution in [2.45, 2.75) is 77.4 Å². The van der Waals surface area contributed by atoms with Gasteiger partial charge in [0.2, 0.25) is 0 Å². The lowest BCUT2D eigenvalue weighted by Gasteiger charge is -2.62. The highest BCUT2D eigenvalue weighted by molar-refractivity contribution is 5.79. The Bertz CT molecular complexity index is 489. The zero-order chi connectivity index (χ0) is 15.7. The average molecular weight is 306 g/mol. The maximum atomic E-state index is 11.9. The van der Waals surface area contributed by atoms with Crippen LogP contribution in [0.3, 0.4) is 0 Å². The van der Waals surface area contributed by atoms with Crippen molar-refractivity contribution in [3.63, 3.8) is 0 Å². The minimum Gasteiger partial charge on any atom is -0.393 e. The van der Waals surface area contributed by atoms with Crippen molar-refractivity contribution >= 4 is 5.78 Å². The van der Waals surface area contributed by atoms with Crippen molar-refractivity contribution in [2.24, 2.45) is 34.5 Å². The molecule has 4 aliphatic carbocycles. The first-order chi connectivity index (χ1) is 10.3. The third-order valence-electron chi connectivity index (χ3n) is 8.20. The Morgan fingerprint density at radius 2 is 1.86 bits per heavy atom. The molecule has 3 nitrogen and oxygen atoms in total. The number of hydrogen-bond acceptors (Lipinski definition) is 3. The largest absolute Gasteiger partial charge is 0.393 e. The van der Waals surface area contributed by atoms with Crippen LogP contribution in [0.4, 0.5) is 0 Å². The minimum atomic E-state index is -0.356. The van der Waals surface area contributed by atoms with Crippen LogP contribution in [0.5, 0.6) is 0 Å². The molecule has 8 unspecified atom stereocenters. The van der Waals surface area contributed by atoms with Crippen LogP contribution in [0.2, 0.25) is 0 Å². The Balaban J connectivity index is 1.72. The highest BCUT2D eigenvalue weighted by atomic mass is 16.3. The van der Waals surface area contributed by atoms with E-state index in [1.165, 1.54) is 19.3 Å². The van der Waals surface area contributed by atoms with E-state index < -0.39 is 0 Å². The Labute approximate surface area is 133 Å². The van der Waals surface area contributed by atoms with Crippen molar-refractivity contribution in [1.29, 1.82) is 0 Å². The number of carbonyl (C=O) groups excluding carboxylic acids is 1. The van der Waals surface area contributed by atoms with E-state index in [1.807, 2.05) is 0 Å². The van der Waals surface area contributed by atoms with Gasteiger partial charge in [0.15, 0.2) is 0 Å². The molecule has 2 N–H and O–H groups in total. The van der Waals surface area contributed by atoms with E-state index >= 15 is 0 Å². The molecule has 0 amide bonds. The maximum Gasteiger partial charge on any atom is 0.133 e. The number of fused-ring (bicyclic) bond motifs is 5. The molecule has 4 fully saturated rings. The zero-order valence-electron chi connectivity index (χ0n) is 13.9. The molecule has 0 aromatic rings. The summed E-state index contributed by atoms with van der Waals surface area (Å²) in [5.41, 5.74) is 0.216. The fourth-order valence-corrected chi connectivity index (χ4v) is 7.23. The predicted molar refractivity (Wildman–Crippen MR) is 84.1 cm³/mol. The molecule has 22 heavy (non-hydrogen) atoms. The highest BCUT2D eigenvalue weighted by Crippen LogP contribution is 2.65. The van der Waals surface area contributed by atoms with Crippen LogP contribution in [0.25, 0.3) is 0 Å². The van der Waals surface area contributed by atoms with Gasteiger partial charge in [-0.3, -0.25) is 4.79 Å². The van der Waals surface area contributed by atoms with Crippen molar-refractivity contribution in [1.82, 2.24) is 0 Å². The van der Waals surface area contributed by atoms with Gasteiger partial charge >= 0.3 is 0 Å². The minimum absolute atomic E-state index is 0.0560. The molecule has 8 atom stereocenters. The molecule has 0 radical (unpaired) electrons. The second kappa shape index (κ2) is 4.80. The van der Waals surface area contributed by atoms with Crippen molar-refractivity contribution < 1.29 is 15.0 Å². The van der Waals surface area contributed by atoms with Crippen molar-refractivity contribution in [3.8, 4) is 0 Å². The molecule has 0 heterocycles. The SMILES string of the molecule is CC12CCCC1C1CC(O)C3CC(=O)CCC3(C)C1C(O)C2. The van der Waals surface area contributed by atoms with Crippen LogP contribution in [-0.2, 0) is 4.79 Å². The van der Waals surface area contributed by atoms with E-state index in [2.05, 4.69) is 13.8 Å². The number of aliphatic hydroxyl groups is 2. The molecule has 4 saturated carbocycles. The van der Waals surface area contributed by atoms with E-state index in [4.69, 9.17) is 0 Å². The summed E-state index contributed by atoms with van der Waals surface area (Å²) in [7, 11) is 0. The summed E-state index contributed by atoms with van der Waals surface area (Å²) < 4.78 is 0. The van der Waals surface area contributed by atoms with Gasteiger partial charge in [0.25, 0.3) is 0 Å². The molecule has 0 saturated heterocycles. The number of Topliss-reactive ketones (excluding diaryl/α,β-unsaturated/α-hetero) is 1. The van der Waals surface area contributed by atoms with Crippen LogP contribution >= 0.6 is 0 Å². The Kier molecular flexibility index (Phi) is 3.30. The van der Waals surface area contributed by atoms with Crippen LogP contribution in [0, 0.1) is 34.5 Å². The first kappa shape index (κ1) is 15.1. The number of carbonyl (C=O) groups is 1. The van der Waals surface area contributed by atoms with E-state index in [0.717, 1.165) is 19.3 Å². The van der Waals surface area contributed by atoms with Gasteiger partial charge in [-0.1, -0.05) is 20.3 Å². The topological polar surface area (TPSA) is 57.5 Å². The molecule has 0 aliphatic heterocycles. The molecule has 4 rings (SSSR count). The molecular weight excluding hydrogens is 276 g/mol. The Morgan fingerprint density at radius 3 is 2.64 bits per heavy atom. The fraction of sp³-hybridized carbons (Fsp3) is 0.947.